The summed E-state index contributed by atoms with van der Waals surface area (Å²) >= 11 is 0. The van der Waals surface area contributed by atoms with E-state index in [1.165, 1.54) is 0 Å². The van der Waals surface area contributed by atoms with Gasteiger partial charge in [0, 0.05) is 12.7 Å². The monoisotopic (exact) mass is 179 g/mol. The van der Waals surface area contributed by atoms with Crippen molar-refractivity contribution in [2.24, 2.45) is 5.73 Å². The van der Waals surface area contributed by atoms with Crippen LogP contribution in [0.4, 0.5) is 0 Å². The van der Waals surface area contributed by atoms with Crippen molar-refractivity contribution in [3.8, 4) is 0 Å². The van der Waals surface area contributed by atoms with Gasteiger partial charge in [0.15, 0.2) is 0 Å². The number of nitrogens with two attached hydrogens (primary N) is 1. The Labute approximate surface area is 69.0 Å². The summed E-state index contributed by atoms with van der Waals surface area (Å²) in [5.74, 6) is 0. The van der Waals surface area contributed by atoms with Crippen LogP contribution in [0, 0.1) is 0 Å². The van der Waals surface area contributed by atoms with Crippen LogP contribution >= 0.6 is 7.34 Å². The third-order valence-corrected chi connectivity index (χ3v) is 3.60. The fourth-order valence-corrected chi connectivity index (χ4v) is 2.50. The first-order valence-corrected chi connectivity index (χ1v) is 5.89. The zero-order valence-electron chi connectivity index (χ0n) is 7.38. The number of hydrogen-bond acceptors (Lipinski definition) is 3. The maximum atomic E-state index is 5.41. The Balaban J connectivity index is 3.91. The third kappa shape index (κ3) is 4.59. The number of hydrogen-bond donors (Lipinski definition) is 1. The van der Waals surface area contributed by atoms with Crippen LogP contribution in [-0.2, 0) is 9.05 Å². The van der Waals surface area contributed by atoms with Crippen molar-refractivity contribution >= 4 is 13.6 Å². The van der Waals surface area contributed by atoms with Crippen molar-refractivity contribution in [3.63, 3.8) is 0 Å². The highest BCUT2D eigenvalue weighted by Gasteiger charge is 2.12. The lowest BCUT2D eigenvalue weighted by molar-refractivity contribution is 0.266. The summed E-state index contributed by atoms with van der Waals surface area (Å²) in [5.41, 5.74) is 5.40. The molecule has 0 heterocycles. The summed E-state index contributed by atoms with van der Waals surface area (Å²) in [6.07, 6.45) is 4.67. The van der Waals surface area contributed by atoms with Gasteiger partial charge in [0.25, 0.3) is 0 Å². The van der Waals surface area contributed by atoms with E-state index in [0.29, 0.717) is 19.8 Å². The van der Waals surface area contributed by atoms with Gasteiger partial charge in [-0.15, -0.1) is 0 Å². The highest BCUT2D eigenvalue weighted by atomic mass is 31.2. The molecule has 2 N–H and O–H groups in total. The van der Waals surface area contributed by atoms with Crippen molar-refractivity contribution in [3.05, 3.63) is 0 Å². The summed E-state index contributed by atoms with van der Waals surface area (Å²) in [5, 5.41) is 0. The molecule has 3 nitrogen and oxygen atoms in total. The van der Waals surface area contributed by atoms with Gasteiger partial charge in [-0.05, 0) is 13.8 Å². The van der Waals surface area contributed by atoms with E-state index in [1.807, 2.05) is 13.8 Å². The van der Waals surface area contributed by atoms with Crippen molar-refractivity contribution < 1.29 is 9.05 Å². The van der Waals surface area contributed by atoms with Gasteiger partial charge in [-0.2, -0.15) is 0 Å². The molecule has 0 spiro atoms. The van der Waals surface area contributed by atoms with Crippen LogP contribution in [0.15, 0.2) is 0 Å². The third-order valence-electron chi connectivity index (χ3n) is 1.20. The predicted molar refractivity (Wildman–Crippen MR) is 51.2 cm³/mol. The molecular formula is C7H18NO2P. The van der Waals surface area contributed by atoms with Gasteiger partial charge in [0.2, 0.25) is 0 Å². The molecule has 0 aromatic heterocycles. The zero-order valence-corrected chi connectivity index (χ0v) is 8.27. The van der Waals surface area contributed by atoms with Gasteiger partial charge in [0.1, 0.15) is 7.34 Å². The average Bonchev–Trinajstić information content (AvgIpc) is 1.88. The Morgan fingerprint density at radius 3 is 2.00 bits per heavy atom. The molecule has 0 aromatic rings. The normalized spacial score (nSPS) is 11.9. The summed E-state index contributed by atoms with van der Waals surface area (Å²) in [6.45, 7) is 5.76. The second kappa shape index (κ2) is 5.78. The Morgan fingerprint density at radius 2 is 1.73 bits per heavy atom. The smallest absolute Gasteiger partial charge is 0.118 e. The lowest BCUT2D eigenvalue weighted by Gasteiger charge is -2.22. The summed E-state index contributed by atoms with van der Waals surface area (Å²) in [6, 6.07) is 0. The molecule has 0 saturated heterocycles. The highest BCUT2D eigenvalue weighted by Crippen LogP contribution is 2.46. The highest BCUT2D eigenvalue weighted by molar-refractivity contribution is 7.64. The van der Waals surface area contributed by atoms with Crippen molar-refractivity contribution in [2.75, 3.05) is 25.9 Å². The lowest BCUT2D eigenvalue weighted by atomic mass is 10.8. The minimum atomic E-state index is -1.84. The van der Waals surface area contributed by atoms with E-state index in [0.717, 1.165) is 6.16 Å². The number of rotatable bonds is 6. The Bertz CT molecular complexity index is 115. The van der Waals surface area contributed by atoms with Gasteiger partial charge in [-0.1, -0.05) is 6.30 Å². The molecule has 0 aliphatic rings. The Hall–Kier alpha value is 0.180. The first-order chi connectivity index (χ1) is 5.18. The Morgan fingerprint density at radius 1 is 1.27 bits per heavy atom. The fraction of sp³-hybridized carbons (Fsp3) is 0.857. The van der Waals surface area contributed by atoms with Gasteiger partial charge < -0.3 is 14.8 Å². The van der Waals surface area contributed by atoms with E-state index < -0.39 is 7.34 Å². The van der Waals surface area contributed by atoms with E-state index in [2.05, 4.69) is 6.30 Å². The fourth-order valence-electron chi connectivity index (χ4n) is 0.834. The molecule has 0 saturated carbocycles. The minimum Gasteiger partial charge on any atom is -0.338 e. The molecule has 0 amide bonds. The van der Waals surface area contributed by atoms with E-state index in [-0.39, 0.29) is 0 Å². The van der Waals surface area contributed by atoms with E-state index in [9.17, 15) is 0 Å². The Kier molecular flexibility index (Phi) is 5.88. The van der Waals surface area contributed by atoms with Crippen molar-refractivity contribution in [2.45, 2.75) is 13.8 Å². The molecule has 0 rings (SSSR count). The zero-order chi connectivity index (χ0) is 8.74. The largest absolute Gasteiger partial charge is 0.338 e. The van der Waals surface area contributed by atoms with Crippen LogP contribution in [0.5, 0.6) is 0 Å². The molecule has 0 aliphatic carbocycles. The van der Waals surface area contributed by atoms with Gasteiger partial charge >= 0.3 is 0 Å². The van der Waals surface area contributed by atoms with E-state index in [1.54, 1.807) is 0 Å². The SMILES string of the molecule is C=P(CCN)(OCC)OCC. The quantitative estimate of drug-likeness (QED) is 0.625. The van der Waals surface area contributed by atoms with Crippen LogP contribution in [0.2, 0.25) is 0 Å². The maximum Gasteiger partial charge on any atom is 0.118 e. The molecule has 4 heteroatoms. The molecule has 0 bridgehead atoms. The molecule has 11 heavy (non-hydrogen) atoms. The van der Waals surface area contributed by atoms with Gasteiger partial charge in [-0.3, -0.25) is 0 Å². The van der Waals surface area contributed by atoms with Gasteiger partial charge in [0.05, 0.1) is 13.2 Å². The van der Waals surface area contributed by atoms with Crippen LogP contribution in [0.3, 0.4) is 0 Å². The lowest BCUT2D eigenvalue weighted by Crippen LogP contribution is -2.09. The second-order valence-electron chi connectivity index (χ2n) is 2.16. The molecule has 0 unspecified atom stereocenters. The first kappa shape index (κ1) is 11.2. The summed E-state index contributed by atoms with van der Waals surface area (Å²) in [7, 11) is -1.84. The average molecular weight is 179 g/mol. The van der Waals surface area contributed by atoms with Gasteiger partial charge in [-0.25, -0.2) is 0 Å². The molecule has 0 aliphatic heterocycles. The van der Waals surface area contributed by atoms with Crippen LogP contribution in [-0.4, -0.2) is 32.2 Å². The summed E-state index contributed by atoms with van der Waals surface area (Å²) in [4.78, 5) is 0. The summed E-state index contributed by atoms with van der Waals surface area (Å²) < 4.78 is 10.8. The van der Waals surface area contributed by atoms with E-state index in [4.69, 9.17) is 14.8 Å². The van der Waals surface area contributed by atoms with Crippen molar-refractivity contribution in [1.82, 2.24) is 0 Å². The first-order valence-electron chi connectivity index (χ1n) is 3.90. The molecule has 0 radical (unpaired) electrons. The topological polar surface area (TPSA) is 44.5 Å². The van der Waals surface area contributed by atoms with Crippen LogP contribution in [0.1, 0.15) is 13.8 Å². The maximum absolute atomic E-state index is 5.41. The van der Waals surface area contributed by atoms with Crippen molar-refractivity contribution in [1.29, 1.82) is 0 Å². The molecule has 0 fully saturated rings. The van der Waals surface area contributed by atoms with Crippen LogP contribution < -0.4 is 5.73 Å². The molecule has 0 aromatic carbocycles. The van der Waals surface area contributed by atoms with Crippen LogP contribution in [0.25, 0.3) is 0 Å². The molecule has 0 atom stereocenters. The standard InChI is InChI=1S/C7H18NO2P/c1-4-9-11(3,7-6-8)10-5-2/h3-8H2,1-2H3. The van der Waals surface area contributed by atoms with E-state index >= 15 is 0 Å². The minimum absolute atomic E-state index is 0.581. The molecular weight excluding hydrogens is 161 g/mol. The molecule has 68 valence electrons. The predicted octanol–water partition coefficient (Wildman–Crippen LogP) is 1.30. The second-order valence-corrected chi connectivity index (χ2v) is 4.76.